The molecule has 0 fully saturated rings. The lowest BCUT2D eigenvalue weighted by Crippen LogP contribution is -2.10. The fraction of sp³-hybridized carbons (Fsp3) is 0. The summed E-state index contributed by atoms with van der Waals surface area (Å²) in [5.41, 5.74) is 13.2. The van der Waals surface area contributed by atoms with Gasteiger partial charge in [0, 0.05) is 27.7 Å². The Morgan fingerprint density at radius 2 is 0.981 bits per heavy atom. The van der Waals surface area contributed by atoms with Gasteiger partial charge in [0.2, 0.25) is 5.89 Å². The van der Waals surface area contributed by atoms with Crippen LogP contribution in [-0.4, -0.2) is 4.98 Å². The average Bonchev–Trinajstić information content (AvgIpc) is 3.95. The molecule has 0 atom stereocenters. The van der Waals surface area contributed by atoms with Crippen molar-refractivity contribution >= 4 is 72.0 Å². The van der Waals surface area contributed by atoms with Gasteiger partial charge in [0.25, 0.3) is 0 Å². The summed E-state index contributed by atoms with van der Waals surface area (Å²) in [4.78, 5) is 7.20. The van der Waals surface area contributed by atoms with Crippen LogP contribution in [0.5, 0.6) is 0 Å². The van der Waals surface area contributed by atoms with Crippen LogP contribution in [-0.2, 0) is 0 Å². The van der Waals surface area contributed by atoms with Crippen molar-refractivity contribution in [2.24, 2.45) is 0 Å². The summed E-state index contributed by atoms with van der Waals surface area (Å²) in [6.07, 6.45) is 0. The number of benzene rings is 8. The first-order chi connectivity index (χ1) is 26.8. The highest BCUT2D eigenvalue weighted by molar-refractivity contribution is 6.18. The molecule has 3 aromatic heterocycles. The van der Waals surface area contributed by atoms with Gasteiger partial charge in [0.15, 0.2) is 5.58 Å². The van der Waals surface area contributed by atoms with E-state index in [-0.39, 0.29) is 0 Å². The van der Waals surface area contributed by atoms with E-state index in [0.29, 0.717) is 11.5 Å². The summed E-state index contributed by atoms with van der Waals surface area (Å²) < 4.78 is 19.4. The molecular formula is C49H30N2O3. The van der Waals surface area contributed by atoms with Crippen molar-refractivity contribution in [3.63, 3.8) is 0 Å². The van der Waals surface area contributed by atoms with Crippen LogP contribution in [0, 0.1) is 0 Å². The Balaban J connectivity index is 1.19. The Morgan fingerprint density at radius 1 is 0.389 bits per heavy atom. The van der Waals surface area contributed by atoms with Crippen LogP contribution in [0.2, 0.25) is 0 Å². The number of rotatable bonds is 6. The lowest BCUT2D eigenvalue weighted by Gasteiger charge is -2.27. The molecule has 5 heteroatoms. The number of oxazole rings is 1. The number of fused-ring (bicyclic) bond motifs is 8. The van der Waals surface area contributed by atoms with Crippen molar-refractivity contribution in [2.45, 2.75) is 0 Å². The monoisotopic (exact) mass is 694 g/mol. The molecule has 0 aliphatic carbocycles. The van der Waals surface area contributed by atoms with Crippen LogP contribution in [0.1, 0.15) is 0 Å². The van der Waals surface area contributed by atoms with Crippen molar-refractivity contribution in [1.29, 1.82) is 0 Å². The van der Waals surface area contributed by atoms with Gasteiger partial charge < -0.3 is 18.2 Å². The van der Waals surface area contributed by atoms with Crippen molar-refractivity contribution in [3.8, 4) is 33.7 Å². The first-order valence-corrected chi connectivity index (χ1v) is 18.0. The largest absolute Gasteiger partial charge is 0.456 e. The number of hydrogen-bond acceptors (Lipinski definition) is 5. The summed E-state index contributed by atoms with van der Waals surface area (Å²) in [7, 11) is 0. The highest BCUT2D eigenvalue weighted by Crippen LogP contribution is 2.47. The van der Waals surface area contributed by atoms with Crippen LogP contribution < -0.4 is 4.90 Å². The van der Waals surface area contributed by atoms with Crippen molar-refractivity contribution < 1.29 is 13.3 Å². The number of furan rings is 2. The molecule has 5 nitrogen and oxygen atoms in total. The smallest absolute Gasteiger partial charge is 0.227 e. The maximum Gasteiger partial charge on any atom is 0.227 e. The zero-order valence-electron chi connectivity index (χ0n) is 28.9. The molecule has 0 amide bonds. The quantitative estimate of drug-likeness (QED) is 0.173. The molecule has 0 aliphatic rings. The first-order valence-electron chi connectivity index (χ1n) is 18.0. The van der Waals surface area contributed by atoms with Crippen molar-refractivity contribution in [1.82, 2.24) is 4.98 Å². The first kappa shape index (κ1) is 30.3. The molecule has 0 aliphatic heterocycles. The van der Waals surface area contributed by atoms with Crippen LogP contribution in [0.4, 0.5) is 17.1 Å². The predicted octanol–water partition coefficient (Wildman–Crippen LogP) is 14.1. The van der Waals surface area contributed by atoms with E-state index in [2.05, 4.69) is 126 Å². The topological polar surface area (TPSA) is 55.6 Å². The third-order valence-electron chi connectivity index (χ3n) is 10.3. The second-order valence-corrected chi connectivity index (χ2v) is 13.5. The molecule has 0 saturated heterocycles. The number of para-hydroxylation sites is 1. The maximum atomic E-state index is 6.52. The van der Waals surface area contributed by atoms with Gasteiger partial charge in [-0.15, -0.1) is 0 Å². The van der Waals surface area contributed by atoms with E-state index in [9.17, 15) is 0 Å². The molecule has 0 unspecified atom stereocenters. The predicted molar refractivity (Wildman–Crippen MR) is 220 cm³/mol. The molecular weight excluding hydrogens is 665 g/mol. The molecule has 254 valence electrons. The highest BCUT2D eigenvalue weighted by atomic mass is 16.4. The van der Waals surface area contributed by atoms with Gasteiger partial charge in [-0.05, 0) is 95.1 Å². The number of hydrogen-bond donors (Lipinski definition) is 0. The minimum Gasteiger partial charge on any atom is -0.456 e. The van der Waals surface area contributed by atoms with Gasteiger partial charge in [0.05, 0.1) is 16.5 Å². The van der Waals surface area contributed by atoms with E-state index in [1.54, 1.807) is 0 Å². The fourth-order valence-corrected chi connectivity index (χ4v) is 7.84. The second kappa shape index (κ2) is 12.1. The third-order valence-corrected chi connectivity index (χ3v) is 10.3. The van der Waals surface area contributed by atoms with E-state index in [0.717, 1.165) is 94.3 Å². The molecule has 11 aromatic rings. The zero-order valence-corrected chi connectivity index (χ0v) is 28.9. The molecule has 3 heterocycles. The van der Waals surface area contributed by atoms with Gasteiger partial charge in [-0.3, -0.25) is 0 Å². The van der Waals surface area contributed by atoms with E-state index in [1.807, 2.05) is 60.7 Å². The van der Waals surface area contributed by atoms with Gasteiger partial charge >= 0.3 is 0 Å². The molecule has 0 saturated carbocycles. The lowest BCUT2D eigenvalue weighted by molar-refractivity contribution is 0.622. The summed E-state index contributed by atoms with van der Waals surface area (Å²) in [5, 5.41) is 3.95. The minimum atomic E-state index is 0.579. The van der Waals surface area contributed by atoms with Crippen LogP contribution in [0.3, 0.4) is 0 Å². The van der Waals surface area contributed by atoms with Crippen LogP contribution in [0.15, 0.2) is 195 Å². The van der Waals surface area contributed by atoms with E-state index >= 15 is 0 Å². The van der Waals surface area contributed by atoms with E-state index in [1.165, 1.54) is 0 Å². The van der Waals surface area contributed by atoms with E-state index < -0.39 is 0 Å². The summed E-state index contributed by atoms with van der Waals surface area (Å²) in [5.74, 6) is 0.579. The zero-order chi connectivity index (χ0) is 35.6. The maximum absolute atomic E-state index is 6.52. The third kappa shape index (κ3) is 4.83. The molecule has 0 spiro atoms. The fourth-order valence-electron chi connectivity index (χ4n) is 7.84. The molecule has 11 rings (SSSR count). The second-order valence-electron chi connectivity index (χ2n) is 13.5. The Hall–Kier alpha value is -7.37. The Bertz CT molecular complexity index is 3160. The Morgan fingerprint density at radius 3 is 1.76 bits per heavy atom. The lowest BCUT2D eigenvalue weighted by atomic mass is 9.93. The number of nitrogens with zero attached hydrogens (tertiary/aromatic N) is 2. The normalized spacial score (nSPS) is 11.7. The number of anilines is 3. The minimum absolute atomic E-state index is 0.579. The summed E-state index contributed by atoms with van der Waals surface area (Å²) in [6.45, 7) is 0. The van der Waals surface area contributed by atoms with Crippen molar-refractivity contribution in [2.75, 3.05) is 4.90 Å². The average molecular weight is 695 g/mol. The van der Waals surface area contributed by atoms with E-state index in [4.69, 9.17) is 18.2 Å². The Kier molecular flexibility index (Phi) is 6.79. The molecule has 0 radical (unpaired) electrons. The standard InChI is InChI=1S/C49H30N2O3/c1-4-13-31(14-5-1)36-25-23-34(29-38(36)32-15-6-2-7-16-32)51(41-20-12-22-44-46(41)37-19-10-11-21-42(37)52-44)35-24-27-43-39(30-35)47-45(53-43)28-26-40-48(47)54-49(50-40)33-17-8-3-9-18-33/h1-30H. The van der Waals surface area contributed by atoms with Crippen LogP contribution in [0.25, 0.3) is 88.7 Å². The number of aromatic nitrogens is 1. The van der Waals surface area contributed by atoms with Crippen molar-refractivity contribution in [3.05, 3.63) is 182 Å². The van der Waals surface area contributed by atoms with Gasteiger partial charge in [-0.1, -0.05) is 109 Å². The van der Waals surface area contributed by atoms with Gasteiger partial charge in [-0.2, -0.15) is 0 Å². The highest BCUT2D eigenvalue weighted by Gasteiger charge is 2.23. The SMILES string of the molecule is c1ccc(-c2nc3ccc4oc5ccc(N(c6ccc(-c7ccccc7)c(-c7ccccc7)c6)c6cccc7oc8ccccc8c67)cc5c4c3o2)cc1. The summed E-state index contributed by atoms with van der Waals surface area (Å²) >= 11 is 0. The molecule has 0 bridgehead atoms. The molecule has 54 heavy (non-hydrogen) atoms. The summed E-state index contributed by atoms with van der Waals surface area (Å²) in [6, 6.07) is 62.8. The molecule has 0 N–H and O–H groups in total. The molecule has 8 aromatic carbocycles. The Labute approximate surface area is 309 Å². The van der Waals surface area contributed by atoms with Gasteiger partial charge in [0.1, 0.15) is 27.8 Å². The van der Waals surface area contributed by atoms with Crippen LogP contribution >= 0.6 is 0 Å². The van der Waals surface area contributed by atoms with Gasteiger partial charge in [-0.25, -0.2) is 4.98 Å².